The van der Waals surface area contributed by atoms with Gasteiger partial charge in [-0.1, -0.05) is 48.5 Å². The molecule has 0 saturated carbocycles. The van der Waals surface area contributed by atoms with E-state index >= 15 is 0 Å². The molecule has 0 amide bonds. The molecule has 0 aliphatic carbocycles. The Kier molecular flexibility index (Phi) is 4.27. The molecule has 3 aromatic carbocycles. The number of aromatic amines is 1. The lowest BCUT2D eigenvalue weighted by Crippen LogP contribution is -2.26. The number of nitrogens with one attached hydrogen (secondary N) is 2. The Hall–Kier alpha value is -2.98. The second kappa shape index (κ2) is 6.73. The van der Waals surface area contributed by atoms with E-state index in [1.54, 1.807) is 6.07 Å². The quantitative estimate of drug-likeness (QED) is 0.574. The number of rotatable bonds is 4. The van der Waals surface area contributed by atoms with Crippen LogP contribution < -0.4 is 10.9 Å². The molecule has 2 N–H and O–H groups in total. The standard InChI is InChI=1S/C22H21N3O/c1-14(17-12-11-16-7-3-4-8-18(16)13-17)23-15(2)21-24-20-10-6-5-9-19(20)22(26)25-21/h3-15,23H,1-2H3,(H,24,25,26). The molecule has 1 heterocycles. The zero-order valence-corrected chi connectivity index (χ0v) is 14.9. The molecule has 0 saturated heterocycles. The van der Waals surface area contributed by atoms with E-state index in [-0.39, 0.29) is 17.6 Å². The lowest BCUT2D eigenvalue weighted by atomic mass is 10.0. The van der Waals surface area contributed by atoms with Crippen LogP contribution in [0, 0.1) is 0 Å². The minimum absolute atomic E-state index is 0.0752. The van der Waals surface area contributed by atoms with Crippen molar-refractivity contribution in [3.05, 3.63) is 88.5 Å². The molecular formula is C22H21N3O. The van der Waals surface area contributed by atoms with Crippen molar-refractivity contribution in [1.29, 1.82) is 0 Å². The monoisotopic (exact) mass is 343 g/mol. The Balaban J connectivity index is 1.60. The summed E-state index contributed by atoms with van der Waals surface area (Å²) in [5.41, 5.74) is 1.83. The first-order valence-electron chi connectivity index (χ1n) is 8.85. The summed E-state index contributed by atoms with van der Waals surface area (Å²) in [6.07, 6.45) is 0. The summed E-state index contributed by atoms with van der Waals surface area (Å²) in [5, 5.41) is 6.61. The van der Waals surface area contributed by atoms with E-state index in [0.29, 0.717) is 11.2 Å². The van der Waals surface area contributed by atoms with Crippen molar-refractivity contribution in [1.82, 2.24) is 15.3 Å². The topological polar surface area (TPSA) is 57.8 Å². The molecule has 0 aliphatic rings. The highest BCUT2D eigenvalue weighted by molar-refractivity contribution is 5.83. The number of fused-ring (bicyclic) bond motifs is 2. The van der Waals surface area contributed by atoms with Gasteiger partial charge in [0.15, 0.2) is 0 Å². The molecule has 4 heteroatoms. The predicted octanol–water partition coefficient (Wildman–Crippen LogP) is 4.49. The maximum atomic E-state index is 12.3. The fourth-order valence-electron chi connectivity index (χ4n) is 3.34. The second-order valence-electron chi connectivity index (χ2n) is 6.68. The van der Waals surface area contributed by atoms with Crippen LogP contribution in [0.25, 0.3) is 21.7 Å². The van der Waals surface area contributed by atoms with Crippen LogP contribution in [0.4, 0.5) is 0 Å². The number of hydrogen-bond donors (Lipinski definition) is 2. The van der Waals surface area contributed by atoms with Gasteiger partial charge in [-0.3, -0.25) is 4.79 Å². The SMILES string of the molecule is CC(NC(C)c1nc2ccccc2c(=O)[nH]1)c1ccc2ccccc2c1. The fourth-order valence-corrected chi connectivity index (χ4v) is 3.34. The number of nitrogens with zero attached hydrogens (tertiary/aromatic N) is 1. The van der Waals surface area contributed by atoms with Gasteiger partial charge in [-0.05, 0) is 48.4 Å². The highest BCUT2D eigenvalue weighted by Gasteiger charge is 2.14. The van der Waals surface area contributed by atoms with Crippen molar-refractivity contribution in [3.63, 3.8) is 0 Å². The van der Waals surface area contributed by atoms with E-state index in [2.05, 4.69) is 58.6 Å². The van der Waals surface area contributed by atoms with Crippen LogP contribution in [-0.2, 0) is 0 Å². The van der Waals surface area contributed by atoms with Gasteiger partial charge < -0.3 is 10.3 Å². The first-order valence-corrected chi connectivity index (χ1v) is 8.85. The molecule has 4 nitrogen and oxygen atoms in total. The maximum Gasteiger partial charge on any atom is 0.258 e. The van der Waals surface area contributed by atoms with Crippen LogP contribution in [0.3, 0.4) is 0 Å². The maximum absolute atomic E-state index is 12.3. The third-order valence-electron chi connectivity index (χ3n) is 4.81. The minimum Gasteiger partial charge on any atom is -0.309 e. The van der Waals surface area contributed by atoms with E-state index in [9.17, 15) is 4.79 Å². The normalized spacial score (nSPS) is 13.8. The van der Waals surface area contributed by atoms with Gasteiger partial charge in [-0.15, -0.1) is 0 Å². The zero-order chi connectivity index (χ0) is 18.1. The Morgan fingerprint density at radius 2 is 1.62 bits per heavy atom. The van der Waals surface area contributed by atoms with Crippen molar-refractivity contribution in [2.45, 2.75) is 25.9 Å². The smallest absolute Gasteiger partial charge is 0.258 e. The summed E-state index contributed by atoms with van der Waals surface area (Å²) in [6, 6.07) is 22.3. The fraction of sp³-hybridized carbons (Fsp3) is 0.182. The molecule has 130 valence electrons. The molecule has 0 bridgehead atoms. The van der Waals surface area contributed by atoms with Crippen molar-refractivity contribution in [2.24, 2.45) is 0 Å². The van der Waals surface area contributed by atoms with Gasteiger partial charge >= 0.3 is 0 Å². The van der Waals surface area contributed by atoms with Gasteiger partial charge in [0.1, 0.15) is 5.82 Å². The zero-order valence-electron chi connectivity index (χ0n) is 14.9. The number of hydrogen-bond acceptors (Lipinski definition) is 3. The number of H-pyrrole nitrogens is 1. The molecule has 0 fully saturated rings. The number of benzene rings is 3. The minimum atomic E-state index is -0.0994. The average Bonchev–Trinajstić information content (AvgIpc) is 2.67. The van der Waals surface area contributed by atoms with Crippen LogP contribution >= 0.6 is 0 Å². The van der Waals surface area contributed by atoms with Crippen molar-refractivity contribution < 1.29 is 0 Å². The van der Waals surface area contributed by atoms with E-state index < -0.39 is 0 Å². The molecule has 1 aromatic heterocycles. The molecule has 4 aromatic rings. The Labute approximate surface area is 151 Å². The predicted molar refractivity (Wildman–Crippen MR) is 106 cm³/mol. The summed E-state index contributed by atoms with van der Waals surface area (Å²) in [5.74, 6) is 0.654. The molecular weight excluding hydrogens is 322 g/mol. The molecule has 26 heavy (non-hydrogen) atoms. The van der Waals surface area contributed by atoms with Crippen LogP contribution in [0.1, 0.15) is 37.3 Å². The lowest BCUT2D eigenvalue weighted by Gasteiger charge is -2.20. The number of aromatic nitrogens is 2. The largest absolute Gasteiger partial charge is 0.309 e. The van der Waals surface area contributed by atoms with E-state index in [4.69, 9.17) is 0 Å². The Morgan fingerprint density at radius 1 is 0.885 bits per heavy atom. The first-order chi connectivity index (χ1) is 12.6. The molecule has 0 radical (unpaired) electrons. The molecule has 0 aliphatic heterocycles. The highest BCUT2D eigenvalue weighted by atomic mass is 16.1. The summed E-state index contributed by atoms with van der Waals surface area (Å²) in [6.45, 7) is 4.14. The van der Waals surface area contributed by atoms with Gasteiger partial charge in [0.25, 0.3) is 5.56 Å². The van der Waals surface area contributed by atoms with Crippen LogP contribution in [0.5, 0.6) is 0 Å². The second-order valence-corrected chi connectivity index (χ2v) is 6.68. The van der Waals surface area contributed by atoms with Crippen molar-refractivity contribution in [3.8, 4) is 0 Å². The van der Waals surface area contributed by atoms with Gasteiger partial charge in [0, 0.05) is 6.04 Å². The summed E-state index contributed by atoms with van der Waals surface area (Å²) in [7, 11) is 0. The van der Waals surface area contributed by atoms with Gasteiger partial charge in [-0.25, -0.2) is 4.98 Å². The van der Waals surface area contributed by atoms with E-state index in [0.717, 1.165) is 5.52 Å². The Bertz CT molecular complexity index is 1130. The summed E-state index contributed by atoms with van der Waals surface area (Å²) >= 11 is 0. The van der Waals surface area contributed by atoms with Gasteiger partial charge in [0.2, 0.25) is 0 Å². The van der Waals surface area contributed by atoms with Crippen LogP contribution in [0.15, 0.2) is 71.5 Å². The van der Waals surface area contributed by atoms with E-state index in [1.807, 2.05) is 31.2 Å². The van der Waals surface area contributed by atoms with Crippen molar-refractivity contribution in [2.75, 3.05) is 0 Å². The average molecular weight is 343 g/mol. The van der Waals surface area contributed by atoms with Crippen molar-refractivity contribution >= 4 is 21.7 Å². The lowest BCUT2D eigenvalue weighted by molar-refractivity contribution is 0.477. The highest BCUT2D eigenvalue weighted by Crippen LogP contribution is 2.22. The third-order valence-corrected chi connectivity index (χ3v) is 4.81. The molecule has 0 spiro atoms. The van der Waals surface area contributed by atoms with Gasteiger partial charge in [-0.2, -0.15) is 0 Å². The first kappa shape index (κ1) is 16.5. The van der Waals surface area contributed by atoms with E-state index in [1.165, 1.54) is 16.3 Å². The summed E-state index contributed by atoms with van der Waals surface area (Å²) in [4.78, 5) is 19.8. The summed E-state index contributed by atoms with van der Waals surface area (Å²) < 4.78 is 0. The Morgan fingerprint density at radius 3 is 2.46 bits per heavy atom. The molecule has 2 atom stereocenters. The van der Waals surface area contributed by atoms with Crippen LogP contribution in [-0.4, -0.2) is 9.97 Å². The van der Waals surface area contributed by atoms with Gasteiger partial charge in [0.05, 0.1) is 16.9 Å². The number of para-hydroxylation sites is 1. The molecule has 4 rings (SSSR count). The van der Waals surface area contributed by atoms with Crippen LogP contribution in [0.2, 0.25) is 0 Å². The third kappa shape index (κ3) is 3.11. The molecule has 2 unspecified atom stereocenters.